The van der Waals surface area contributed by atoms with Crippen LogP contribution in [-0.4, -0.2) is 34.1 Å². The minimum Gasteiger partial charge on any atom is -0.380 e. The molecule has 27 heavy (non-hydrogen) atoms. The number of amides is 1. The minimum atomic E-state index is -3.71. The van der Waals surface area contributed by atoms with E-state index in [4.69, 9.17) is 10.5 Å². The smallest absolute Gasteiger partial charge is 0.261 e. The molecular formula is C18H24ClN3O4S. The molecule has 0 saturated heterocycles. The van der Waals surface area contributed by atoms with Crippen molar-refractivity contribution in [2.24, 2.45) is 5.73 Å². The summed E-state index contributed by atoms with van der Waals surface area (Å²) >= 11 is 0. The first-order valence-corrected chi connectivity index (χ1v) is 9.55. The Morgan fingerprint density at radius 2 is 1.85 bits per heavy atom. The molecule has 9 heteroatoms. The van der Waals surface area contributed by atoms with Crippen LogP contribution >= 0.6 is 12.4 Å². The number of methoxy groups -OCH3 is 1. The predicted molar refractivity (Wildman–Crippen MR) is 109 cm³/mol. The molecule has 0 aliphatic rings. The molecule has 1 atom stereocenters. The summed E-state index contributed by atoms with van der Waals surface area (Å²) in [7, 11) is -2.21. The number of benzene rings is 2. The molecule has 0 aliphatic heterocycles. The summed E-state index contributed by atoms with van der Waals surface area (Å²) in [6, 6.07) is 13.1. The number of nitrogens with two attached hydrogens (primary N) is 1. The minimum absolute atomic E-state index is 0. The second kappa shape index (κ2) is 10.3. The summed E-state index contributed by atoms with van der Waals surface area (Å²) < 4.78 is 32.6. The van der Waals surface area contributed by atoms with E-state index < -0.39 is 10.0 Å². The first-order valence-electron chi connectivity index (χ1n) is 8.07. The Balaban J connectivity index is 0.00000364. The van der Waals surface area contributed by atoms with Gasteiger partial charge in [0.05, 0.1) is 23.1 Å². The normalized spacial score (nSPS) is 12.0. The van der Waals surface area contributed by atoms with Crippen molar-refractivity contribution in [1.29, 1.82) is 0 Å². The highest BCUT2D eigenvalue weighted by Crippen LogP contribution is 2.23. The first kappa shape index (κ1) is 22.9. The first-order chi connectivity index (χ1) is 12.4. The molecule has 1 unspecified atom stereocenters. The lowest BCUT2D eigenvalue weighted by atomic mass is 10.2. The van der Waals surface area contributed by atoms with Crippen molar-refractivity contribution in [2.45, 2.75) is 24.3 Å². The molecule has 0 aromatic heterocycles. The van der Waals surface area contributed by atoms with Gasteiger partial charge in [0.25, 0.3) is 10.0 Å². The van der Waals surface area contributed by atoms with Gasteiger partial charge in [-0.2, -0.15) is 0 Å². The van der Waals surface area contributed by atoms with Crippen molar-refractivity contribution in [3.05, 3.63) is 54.1 Å². The second-order valence-electron chi connectivity index (χ2n) is 5.79. The summed E-state index contributed by atoms with van der Waals surface area (Å²) in [5.74, 6) is -0.261. The molecular weight excluding hydrogens is 390 g/mol. The van der Waals surface area contributed by atoms with E-state index in [0.29, 0.717) is 11.4 Å². The summed E-state index contributed by atoms with van der Waals surface area (Å²) in [6.45, 7) is 2.02. The van der Waals surface area contributed by atoms with Gasteiger partial charge in [-0.1, -0.05) is 24.3 Å². The summed E-state index contributed by atoms with van der Waals surface area (Å²) in [5, 5.41) is 2.72. The number of aryl methyl sites for hydroxylation is 1. The maximum absolute atomic E-state index is 12.5. The highest BCUT2D eigenvalue weighted by Gasteiger charge is 2.16. The number of nitrogens with one attached hydrogen (secondary N) is 2. The SMILES string of the molecule is COC(CN)CC(=O)Nc1ccc(C)c(NS(=O)(=O)c2ccccc2)c1.Cl. The van der Waals surface area contributed by atoms with E-state index in [1.165, 1.54) is 19.2 Å². The van der Waals surface area contributed by atoms with Crippen LogP contribution in [0.15, 0.2) is 53.4 Å². The maximum atomic E-state index is 12.5. The molecule has 7 nitrogen and oxygen atoms in total. The van der Waals surface area contributed by atoms with E-state index in [0.717, 1.165) is 5.56 Å². The van der Waals surface area contributed by atoms with Crippen LogP contribution in [0.5, 0.6) is 0 Å². The number of hydrogen-bond donors (Lipinski definition) is 3. The molecule has 2 aromatic rings. The quantitative estimate of drug-likeness (QED) is 0.615. The van der Waals surface area contributed by atoms with Crippen LogP contribution in [0.4, 0.5) is 11.4 Å². The monoisotopic (exact) mass is 413 g/mol. The number of ether oxygens (including phenoxy) is 1. The van der Waals surface area contributed by atoms with Crippen LogP contribution in [0.1, 0.15) is 12.0 Å². The Labute approximate surface area is 165 Å². The van der Waals surface area contributed by atoms with Gasteiger partial charge in [0, 0.05) is 19.3 Å². The fourth-order valence-electron chi connectivity index (χ4n) is 2.29. The zero-order valence-electron chi connectivity index (χ0n) is 15.1. The molecule has 0 aliphatic carbocycles. The molecule has 0 saturated carbocycles. The van der Waals surface area contributed by atoms with Crippen molar-refractivity contribution in [3.8, 4) is 0 Å². The third-order valence-electron chi connectivity index (χ3n) is 3.83. The summed E-state index contributed by atoms with van der Waals surface area (Å²) in [4.78, 5) is 12.2. The molecule has 0 fully saturated rings. The molecule has 1 amide bonds. The van der Waals surface area contributed by atoms with Gasteiger partial charge < -0.3 is 15.8 Å². The molecule has 0 bridgehead atoms. The van der Waals surface area contributed by atoms with E-state index in [-0.39, 0.29) is 42.3 Å². The largest absolute Gasteiger partial charge is 0.380 e. The van der Waals surface area contributed by atoms with Crippen molar-refractivity contribution in [2.75, 3.05) is 23.7 Å². The van der Waals surface area contributed by atoms with Gasteiger partial charge in [0.2, 0.25) is 5.91 Å². The molecule has 2 rings (SSSR count). The highest BCUT2D eigenvalue weighted by atomic mass is 35.5. The van der Waals surface area contributed by atoms with E-state index >= 15 is 0 Å². The van der Waals surface area contributed by atoms with Crippen molar-refractivity contribution >= 4 is 39.7 Å². The van der Waals surface area contributed by atoms with Gasteiger partial charge in [0.15, 0.2) is 0 Å². The third kappa shape index (κ3) is 6.51. The van der Waals surface area contributed by atoms with E-state index in [1.807, 2.05) is 0 Å². The Bertz CT molecular complexity index is 856. The number of halogens is 1. The van der Waals surface area contributed by atoms with Gasteiger partial charge in [-0.05, 0) is 36.8 Å². The molecule has 0 spiro atoms. The van der Waals surface area contributed by atoms with Gasteiger partial charge >= 0.3 is 0 Å². The number of anilines is 2. The number of sulfonamides is 1. The molecule has 148 valence electrons. The topological polar surface area (TPSA) is 111 Å². The maximum Gasteiger partial charge on any atom is 0.261 e. The van der Waals surface area contributed by atoms with Gasteiger partial charge in [-0.25, -0.2) is 8.42 Å². The Kier molecular flexibility index (Phi) is 8.71. The van der Waals surface area contributed by atoms with E-state index in [9.17, 15) is 13.2 Å². The van der Waals surface area contributed by atoms with Crippen LogP contribution in [0, 0.1) is 6.92 Å². The lowest BCUT2D eigenvalue weighted by Gasteiger charge is -2.15. The number of rotatable bonds is 8. The Morgan fingerprint density at radius 3 is 2.44 bits per heavy atom. The van der Waals surface area contributed by atoms with Crippen LogP contribution < -0.4 is 15.8 Å². The van der Waals surface area contributed by atoms with Crippen molar-refractivity contribution in [1.82, 2.24) is 0 Å². The number of carbonyl (C=O) groups is 1. The van der Waals surface area contributed by atoms with Gasteiger partial charge in [-0.15, -0.1) is 12.4 Å². The van der Waals surface area contributed by atoms with Crippen LogP contribution in [-0.2, 0) is 19.6 Å². The van der Waals surface area contributed by atoms with Crippen molar-refractivity contribution < 1.29 is 17.9 Å². The average molecular weight is 414 g/mol. The lowest BCUT2D eigenvalue weighted by Crippen LogP contribution is -2.28. The molecule has 2 aromatic carbocycles. The van der Waals surface area contributed by atoms with Crippen molar-refractivity contribution in [3.63, 3.8) is 0 Å². The predicted octanol–water partition coefficient (Wildman–Crippen LogP) is 2.52. The van der Waals surface area contributed by atoms with Gasteiger partial charge in [0.1, 0.15) is 0 Å². The van der Waals surface area contributed by atoms with E-state index in [2.05, 4.69) is 10.0 Å². The molecule has 0 radical (unpaired) electrons. The summed E-state index contributed by atoms with van der Waals surface area (Å²) in [6.07, 6.45) is -0.247. The molecule has 4 N–H and O–H groups in total. The Morgan fingerprint density at radius 1 is 1.19 bits per heavy atom. The fraction of sp³-hybridized carbons (Fsp3) is 0.278. The zero-order chi connectivity index (χ0) is 19.2. The van der Waals surface area contributed by atoms with Crippen LogP contribution in [0.25, 0.3) is 0 Å². The fourth-order valence-corrected chi connectivity index (χ4v) is 3.44. The summed E-state index contributed by atoms with van der Waals surface area (Å²) in [5.41, 5.74) is 7.13. The van der Waals surface area contributed by atoms with Gasteiger partial charge in [-0.3, -0.25) is 9.52 Å². The molecule has 0 heterocycles. The highest BCUT2D eigenvalue weighted by molar-refractivity contribution is 7.92. The van der Waals surface area contributed by atoms with E-state index in [1.54, 1.807) is 43.3 Å². The van der Waals surface area contributed by atoms with Crippen LogP contribution in [0.2, 0.25) is 0 Å². The standard InChI is InChI=1S/C18H23N3O4S.ClH/c1-13-8-9-14(20-18(22)11-15(12-19)25-2)10-17(13)21-26(23,24)16-6-4-3-5-7-16;/h3-10,15,21H,11-12,19H2,1-2H3,(H,20,22);1H. The lowest BCUT2D eigenvalue weighted by molar-refractivity contribution is -0.118. The van der Waals surface area contributed by atoms with Crippen LogP contribution in [0.3, 0.4) is 0 Å². The zero-order valence-corrected chi connectivity index (χ0v) is 16.8. The second-order valence-corrected chi connectivity index (χ2v) is 7.48. The number of carbonyl (C=O) groups excluding carboxylic acids is 1. The third-order valence-corrected chi connectivity index (χ3v) is 5.21. The average Bonchev–Trinajstić information content (AvgIpc) is 2.63. The Hall–Kier alpha value is -2.13. The number of hydrogen-bond acceptors (Lipinski definition) is 5.